The van der Waals surface area contributed by atoms with E-state index < -0.39 is 0 Å². The summed E-state index contributed by atoms with van der Waals surface area (Å²) in [5.74, 6) is 0. The van der Waals surface area contributed by atoms with Crippen molar-refractivity contribution in [2.75, 3.05) is 14.1 Å². The summed E-state index contributed by atoms with van der Waals surface area (Å²) in [4.78, 5) is 5.36. The van der Waals surface area contributed by atoms with Gasteiger partial charge in [0.2, 0.25) is 0 Å². The number of rotatable bonds is 3. The molecule has 0 fully saturated rings. The third kappa shape index (κ3) is 2.54. The van der Waals surface area contributed by atoms with Crippen molar-refractivity contribution in [2.45, 2.75) is 19.5 Å². The molecule has 0 bridgehead atoms. The predicted octanol–water partition coefficient (Wildman–Crippen LogP) is 3.30. The lowest BCUT2D eigenvalue weighted by atomic mass is 10.3. The van der Waals surface area contributed by atoms with Crippen molar-refractivity contribution in [2.24, 2.45) is 0 Å². The Balaban J connectivity index is 2.47. The zero-order valence-electron chi connectivity index (χ0n) is 10.2. The van der Waals surface area contributed by atoms with E-state index in [0.29, 0.717) is 6.04 Å². The minimum atomic E-state index is 0.427. The van der Waals surface area contributed by atoms with Crippen molar-refractivity contribution >= 4 is 34.9 Å². The number of hydrogen-bond acceptors (Lipinski definition) is 2. The summed E-state index contributed by atoms with van der Waals surface area (Å²) in [6, 6.07) is 6.23. The molecule has 5 heteroatoms. The van der Waals surface area contributed by atoms with Gasteiger partial charge in [-0.1, -0.05) is 11.6 Å². The Hall–Kier alpha value is -0.840. The molecule has 0 aliphatic rings. The Morgan fingerprint density at radius 2 is 2.18 bits per heavy atom. The zero-order chi connectivity index (χ0) is 12.6. The average molecular weight is 270 g/mol. The molecule has 0 saturated carbocycles. The summed E-state index contributed by atoms with van der Waals surface area (Å²) in [5.41, 5.74) is 2.10. The van der Waals surface area contributed by atoms with Gasteiger partial charge in [0.15, 0.2) is 4.77 Å². The minimum absolute atomic E-state index is 0.427. The molecule has 1 aromatic carbocycles. The highest BCUT2D eigenvalue weighted by atomic mass is 35.5. The molecule has 1 N–H and O–H groups in total. The molecule has 1 atom stereocenters. The molecule has 0 aliphatic carbocycles. The molecule has 0 radical (unpaired) electrons. The number of nitrogens with one attached hydrogen (secondary N) is 1. The van der Waals surface area contributed by atoms with Crippen LogP contribution in [-0.4, -0.2) is 34.6 Å². The van der Waals surface area contributed by atoms with Crippen molar-refractivity contribution in [1.82, 2.24) is 14.5 Å². The summed E-state index contributed by atoms with van der Waals surface area (Å²) >= 11 is 11.3. The highest BCUT2D eigenvalue weighted by Crippen LogP contribution is 2.19. The first-order valence-electron chi connectivity index (χ1n) is 5.53. The summed E-state index contributed by atoms with van der Waals surface area (Å²) in [7, 11) is 4.14. The smallest absolute Gasteiger partial charge is 0.178 e. The van der Waals surface area contributed by atoms with Gasteiger partial charge in [-0.05, 0) is 51.4 Å². The van der Waals surface area contributed by atoms with E-state index in [2.05, 4.69) is 35.5 Å². The Morgan fingerprint density at radius 3 is 2.82 bits per heavy atom. The molecular formula is C12H16ClN3S. The molecule has 2 rings (SSSR count). The molecule has 1 aromatic heterocycles. The number of aromatic amines is 1. The lowest BCUT2D eigenvalue weighted by Gasteiger charge is -2.20. The average Bonchev–Trinajstić information content (AvgIpc) is 2.54. The van der Waals surface area contributed by atoms with Crippen LogP contribution in [-0.2, 0) is 6.54 Å². The first-order chi connectivity index (χ1) is 7.99. The van der Waals surface area contributed by atoms with Crippen molar-refractivity contribution in [1.29, 1.82) is 0 Å². The molecule has 1 unspecified atom stereocenters. The number of aromatic nitrogens is 2. The third-order valence-electron chi connectivity index (χ3n) is 3.06. The number of benzene rings is 1. The first-order valence-corrected chi connectivity index (χ1v) is 6.32. The second-order valence-corrected chi connectivity index (χ2v) is 5.34. The summed E-state index contributed by atoms with van der Waals surface area (Å²) in [6.07, 6.45) is 0. The fourth-order valence-electron chi connectivity index (χ4n) is 1.74. The van der Waals surface area contributed by atoms with Crippen molar-refractivity contribution in [3.63, 3.8) is 0 Å². The van der Waals surface area contributed by atoms with Gasteiger partial charge in [0.05, 0.1) is 11.0 Å². The normalized spacial score (nSPS) is 13.5. The SMILES string of the molecule is CC(Cn1c(=S)[nH]c2cc(Cl)ccc21)N(C)C. The predicted molar refractivity (Wildman–Crippen MR) is 75.3 cm³/mol. The van der Waals surface area contributed by atoms with E-state index in [-0.39, 0.29) is 0 Å². The number of likely N-dealkylation sites (N-methyl/N-ethyl adjacent to an activating group) is 1. The third-order valence-corrected chi connectivity index (χ3v) is 3.62. The standard InChI is InChI=1S/C12H16ClN3S/c1-8(15(2)3)7-16-11-5-4-9(13)6-10(11)14-12(16)17/h4-6,8H,7H2,1-3H3,(H,14,17). The van der Waals surface area contributed by atoms with Crippen LogP contribution in [0.1, 0.15) is 6.92 Å². The van der Waals surface area contributed by atoms with E-state index >= 15 is 0 Å². The quantitative estimate of drug-likeness (QED) is 0.865. The minimum Gasteiger partial charge on any atom is -0.331 e. The van der Waals surface area contributed by atoms with Gasteiger partial charge in [-0.15, -0.1) is 0 Å². The van der Waals surface area contributed by atoms with Gasteiger partial charge in [0.25, 0.3) is 0 Å². The van der Waals surface area contributed by atoms with Crippen LogP contribution in [0.2, 0.25) is 5.02 Å². The molecule has 92 valence electrons. The number of hydrogen-bond donors (Lipinski definition) is 1. The summed E-state index contributed by atoms with van der Waals surface area (Å²) in [6.45, 7) is 3.05. The largest absolute Gasteiger partial charge is 0.331 e. The number of fused-ring (bicyclic) bond motifs is 1. The van der Waals surface area contributed by atoms with Gasteiger partial charge in [-0.3, -0.25) is 0 Å². The van der Waals surface area contributed by atoms with E-state index in [1.54, 1.807) is 0 Å². The Labute approximate surface area is 111 Å². The monoisotopic (exact) mass is 269 g/mol. The van der Waals surface area contributed by atoms with Crippen LogP contribution >= 0.6 is 23.8 Å². The Morgan fingerprint density at radius 1 is 1.47 bits per heavy atom. The van der Waals surface area contributed by atoms with Gasteiger partial charge in [0, 0.05) is 17.6 Å². The summed E-state index contributed by atoms with van der Waals surface area (Å²) < 4.78 is 2.86. The van der Waals surface area contributed by atoms with Crippen molar-refractivity contribution in [3.05, 3.63) is 28.0 Å². The van der Waals surface area contributed by atoms with Crippen LogP contribution < -0.4 is 0 Å². The molecule has 2 aromatic rings. The van der Waals surface area contributed by atoms with Gasteiger partial charge in [-0.25, -0.2) is 0 Å². The molecular weight excluding hydrogens is 254 g/mol. The maximum Gasteiger partial charge on any atom is 0.178 e. The lowest BCUT2D eigenvalue weighted by molar-refractivity contribution is 0.285. The second kappa shape index (κ2) is 4.80. The number of halogens is 1. The molecule has 17 heavy (non-hydrogen) atoms. The van der Waals surface area contributed by atoms with Crippen LogP contribution in [0, 0.1) is 4.77 Å². The van der Waals surface area contributed by atoms with E-state index in [0.717, 1.165) is 27.4 Å². The topological polar surface area (TPSA) is 24.0 Å². The Kier molecular flexibility index (Phi) is 3.56. The van der Waals surface area contributed by atoms with Gasteiger partial charge >= 0.3 is 0 Å². The van der Waals surface area contributed by atoms with E-state index in [9.17, 15) is 0 Å². The van der Waals surface area contributed by atoms with Gasteiger partial charge < -0.3 is 14.5 Å². The second-order valence-electron chi connectivity index (χ2n) is 4.51. The lowest BCUT2D eigenvalue weighted by Crippen LogP contribution is -2.29. The van der Waals surface area contributed by atoms with Crippen LogP contribution in [0.5, 0.6) is 0 Å². The number of H-pyrrole nitrogens is 1. The maximum absolute atomic E-state index is 5.96. The fourth-order valence-corrected chi connectivity index (χ4v) is 2.20. The molecule has 0 aliphatic heterocycles. The number of nitrogens with zero attached hydrogens (tertiary/aromatic N) is 2. The van der Waals surface area contributed by atoms with Crippen LogP contribution in [0.4, 0.5) is 0 Å². The maximum atomic E-state index is 5.96. The van der Waals surface area contributed by atoms with E-state index in [1.165, 1.54) is 0 Å². The van der Waals surface area contributed by atoms with Crippen LogP contribution in [0.15, 0.2) is 18.2 Å². The molecule has 1 heterocycles. The fraction of sp³-hybridized carbons (Fsp3) is 0.417. The highest BCUT2D eigenvalue weighted by Gasteiger charge is 2.10. The van der Waals surface area contributed by atoms with Crippen molar-refractivity contribution in [3.8, 4) is 0 Å². The highest BCUT2D eigenvalue weighted by molar-refractivity contribution is 7.71. The van der Waals surface area contributed by atoms with Crippen LogP contribution in [0.3, 0.4) is 0 Å². The van der Waals surface area contributed by atoms with E-state index in [4.69, 9.17) is 23.8 Å². The zero-order valence-corrected chi connectivity index (χ0v) is 11.8. The molecule has 3 nitrogen and oxygen atoms in total. The Bertz CT molecular complexity index is 585. The molecule has 0 saturated heterocycles. The van der Waals surface area contributed by atoms with Gasteiger partial charge in [-0.2, -0.15) is 0 Å². The van der Waals surface area contributed by atoms with Crippen LogP contribution in [0.25, 0.3) is 11.0 Å². The first kappa shape index (κ1) is 12.6. The van der Waals surface area contributed by atoms with E-state index in [1.807, 2.05) is 18.2 Å². The molecule has 0 amide bonds. The van der Waals surface area contributed by atoms with Crippen molar-refractivity contribution < 1.29 is 0 Å². The molecule has 0 spiro atoms. The summed E-state index contributed by atoms with van der Waals surface area (Å²) in [5, 5.41) is 0.724. The number of imidazole rings is 1. The van der Waals surface area contributed by atoms with Gasteiger partial charge in [0.1, 0.15) is 0 Å².